The van der Waals surface area contributed by atoms with Crippen molar-refractivity contribution in [3.05, 3.63) is 66.1 Å². The van der Waals surface area contributed by atoms with Crippen LogP contribution in [0.5, 0.6) is 17.2 Å². The average Bonchev–Trinajstić information content (AvgIpc) is 2.79. The van der Waals surface area contributed by atoms with Crippen LogP contribution in [-0.4, -0.2) is 43.4 Å². The van der Waals surface area contributed by atoms with Crippen LogP contribution in [0.4, 0.5) is 0 Å². The molecule has 0 saturated carbocycles. The predicted octanol–water partition coefficient (Wildman–Crippen LogP) is 2.93. The quantitative estimate of drug-likeness (QED) is 0.491. The molecule has 1 amide bonds. The van der Waals surface area contributed by atoms with Gasteiger partial charge in [-0.1, -0.05) is 6.07 Å². The lowest BCUT2D eigenvalue weighted by molar-refractivity contribution is 0.0950. The largest absolute Gasteiger partial charge is 0.497 e. The van der Waals surface area contributed by atoms with Crippen molar-refractivity contribution >= 4 is 12.1 Å². The van der Waals surface area contributed by atoms with Gasteiger partial charge in [0.25, 0.3) is 5.91 Å². The SMILES string of the molecule is COc1ccc(-c2cncc(C(=O)NN=Cc3c(OC)cccc3OC)n2)cc1. The Bertz CT molecular complexity index is 997. The lowest BCUT2D eigenvalue weighted by Crippen LogP contribution is -2.19. The standard InChI is InChI=1S/C21H20N4O4/c1-27-15-9-7-14(8-10-15)17-12-22-13-18(24-17)21(26)25-23-11-16-19(28-2)5-4-6-20(16)29-3/h4-13H,1-3H3,(H,25,26). The van der Waals surface area contributed by atoms with Gasteiger partial charge in [-0.3, -0.25) is 9.78 Å². The van der Waals surface area contributed by atoms with Gasteiger partial charge < -0.3 is 14.2 Å². The third kappa shape index (κ3) is 4.67. The van der Waals surface area contributed by atoms with E-state index in [4.69, 9.17) is 14.2 Å². The predicted molar refractivity (Wildman–Crippen MR) is 109 cm³/mol. The summed E-state index contributed by atoms with van der Waals surface area (Å²) in [6.45, 7) is 0. The number of methoxy groups -OCH3 is 3. The third-order valence-electron chi connectivity index (χ3n) is 4.08. The van der Waals surface area contributed by atoms with E-state index in [1.165, 1.54) is 12.4 Å². The molecular weight excluding hydrogens is 372 g/mol. The summed E-state index contributed by atoms with van der Waals surface area (Å²) in [5.74, 6) is 1.39. The van der Waals surface area contributed by atoms with E-state index in [0.717, 1.165) is 11.3 Å². The first-order valence-electron chi connectivity index (χ1n) is 8.67. The molecule has 29 heavy (non-hydrogen) atoms. The molecule has 0 saturated heterocycles. The van der Waals surface area contributed by atoms with Crippen molar-refractivity contribution < 1.29 is 19.0 Å². The lowest BCUT2D eigenvalue weighted by Gasteiger charge is -2.09. The fraction of sp³-hybridized carbons (Fsp3) is 0.143. The van der Waals surface area contributed by atoms with Gasteiger partial charge >= 0.3 is 0 Å². The molecule has 0 fully saturated rings. The summed E-state index contributed by atoms with van der Waals surface area (Å²) in [6, 6.07) is 12.7. The van der Waals surface area contributed by atoms with Gasteiger partial charge in [0.1, 0.15) is 22.9 Å². The fourth-order valence-electron chi connectivity index (χ4n) is 2.60. The van der Waals surface area contributed by atoms with Crippen LogP contribution in [0.15, 0.2) is 60.0 Å². The minimum Gasteiger partial charge on any atom is -0.497 e. The minimum atomic E-state index is -0.488. The van der Waals surface area contributed by atoms with Crippen LogP contribution >= 0.6 is 0 Å². The molecule has 8 heteroatoms. The average molecular weight is 392 g/mol. The minimum absolute atomic E-state index is 0.141. The van der Waals surface area contributed by atoms with Crippen molar-refractivity contribution in [3.8, 4) is 28.5 Å². The highest BCUT2D eigenvalue weighted by Crippen LogP contribution is 2.26. The molecule has 8 nitrogen and oxygen atoms in total. The molecule has 1 aromatic heterocycles. The van der Waals surface area contributed by atoms with E-state index in [-0.39, 0.29) is 5.69 Å². The summed E-state index contributed by atoms with van der Waals surface area (Å²) in [6.07, 6.45) is 4.42. The molecule has 0 radical (unpaired) electrons. The number of rotatable bonds is 7. The van der Waals surface area contributed by atoms with Crippen LogP contribution in [0, 0.1) is 0 Å². The highest BCUT2D eigenvalue weighted by Gasteiger charge is 2.11. The summed E-state index contributed by atoms with van der Waals surface area (Å²) < 4.78 is 15.7. The van der Waals surface area contributed by atoms with Crippen LogP contribution in [0.1, 0.15) is 16.1 Å². The number of ether oxygens (including phenoxy) is 3. The van der Waals surface area contributed by atoms with E-state index in [2.05, 4.69) is 20.5 Å². The van der Waals surface area contributed by atoms with Crippen LogP contribution in [0.2, 0.25) is 0 Å². The van der Waals surface area contributed by atoms with Gasteiger partial charge in [-0.25, -0.2) is 10.4 Å². The molecule has 0 atom stereocenters. The number of carbonyl (C=O) groups excluding carboxylic acids is 1. The van der Waals surface area contributed by atoms with Crippen molar-refractivity contribution in [2.45, 2.75) is 0 Å². The topological polar surface area (TPSA) is 94.9 Å². The number of carbonyl (C=O) groups is 1. The Morgan fingerprint density at radius 3 is 2.28 bits per heavy atom. The number of hydrogen-bond acceptors (Lipinski definition) is 7. The first kappa shape index (κ1) is 19.8. The summed E-state index contributed by atoms with van der Waals surface area (Å²) in [4.78, 5) is 20.9. The fourth-order valence-corrected chi connectivity index (χ4v) is 2.60. The maximum absolute atomic E-state index is 12.4. The Morgan fingerprint density at radius 1 is 0.966 bits per heavy atom. The maximum Gasteiger partial charge on any atom is 0.291 e. The zero-order valence-electron chi connectivity index (χ0n) is 16.2. The summed E-state index contributed by atoms with van der Waals surface area (Å²) in [5.41, 5.74) is 4.57. The molecule has 2 aromatic carbocycles. The number of benzene rings is 2. The number of hydrazone groups is 1. The summed E-state index contributed by atoms with van der Waals surface area (Å²) in [7, 11) is 4.69. The molecule has 0 spiro atoms. The highest BCUT2D eigenvalue weighted by atomic mass is 16.5. The monoisotopic (exact) mass is 392 g/mol. The highest BCUT2D eigenvalue weighted by molar-refractivity contribution is 5.94. The number of nitrogens with one attached hydrogen (secondary N) is 1. The van der Waals surface area contributed by atoms with E-state index in [1.54, 1.807) is 45.7 Å². The number of nitrogens with zero attached hydrogens (tertiary/aromatic N) is 3. The van der Waals surface area contributed by atoms with Crippen molar-refractivity contribution in [1.82, 2.24) is 15.4 Å². The molecule has 1 N–H and O–H groups in total. The molecule has 0 aliphatic rings. The Balaban J connectivity index is 1.76. The molecule has 1 heterocycles. The number of hydrogen-bond donors (Lipinski definition) is 1. The molecule has 3 rings (SSSR count). The third-order valence-corrected chi connectivity index (χ3v) is 4.08. The van der Waals surface area contributed by atoms with Crippen molar-refractivity contribution in [1.29, 1.82) is 0 Å². The maximum atomic E-state index is 12.4. The second-order valence-electron chi connectivity index (χ2n) is 5.79. The van der Waals surface area contributed by atoms with E-state index in [9.17, 15) is 4.79 Å². The van der Waals surface area contributed by atoms with E-state index >= 15 is 0 Å². The molecular formula is C21H20N4O4. The smallest absolute Gasteiger partial charge is 0.291 e. The summed E-state index contributed by atoms with van der Waals surface area (Å²) >= 11 is 0. The van der Waals surface area contributed by atoms with Gasteiger partial charge in [0, 0.05) is 5.56 Å². The Kier molecular flexibility index (Phi) is 6.36. The van der Waals surface area contributed by atoms with E-state index in [1.807, 2.05) is 24.3 Å². The molecule has 0 aliphatic carbocycles. The van der Waals surface area contributed by atoms with Crippen molar-refractivity contribution in [3.63, 3.8) is 0 Å². The molecule has 148 valence electrons. The Labute approximate surface area is 168 Å². The Morgan fingerprint density at radius 2 is 1.66 bits per heavy atom. The van der Waals surface area contributed by atoms with E-state index in [0.29, 0.717) is 22.8 Å². The zero-order valence-corrected chi connectivity index (χ0v) is 16.2. The van der Waals surface area contributed by atoms with E-state index < -0.39 is 5.91 Å². The molecule has 0 aliphatic heterocycles. The van der Waals surface area contributed by atoms with Crippen LogP contribution in [0.25, 0.3) is 11.3 Å². The molecule has 0 bridgehead atoms. The van der Waals surface area contributed by atoms with Crippen LogP contribution in [0.3, 0.4) is 0 Å². The number of amides is 1. The van der Waals surface area contributed by atoms with Gasteiger partial charge in [-0.2, -0.15) is 5.10 Å². The normalized spacial score (nSPS) is 10.6. The van der Waals surface area contributed by atoms with Crippen molar-refractivity contribution in [2.24, 2.45) is 5.10 Å². The lowest BCUT2D eigenvalue weighted by atomic mass is 10.1. The van der Waals surface area contributed by atoms with Gasteiger partial charge in [-0.05, 0) is 36.4 Å². The summed E-state index contributed by atoms with van der Waals surface area (Å²) in [5, 5.41) is 3.99. The van der Waals surface area contributed by atoms with Gasteiger partial charge in [-0.15, -0.1) is 0 Å². The van der Waals surface area contributed by atoms with Crippen LogP contribution < -0.4 is 19.6 Å². The second kappa shape index (κ2) is 9.32. The molecule has 0 unspecified atom stereocenters. The van der Waals surface area contributed by atoms with Crippen molar-refractivity contribution in [2.75, 3.05) is 21.3 Å². The zero-order chi connectivity index (χ0) is 20.6. The number of aromatic nitrogens is 2. The molecule has 3 aromatic rings. The van der Waals surface area contributed by atoms with Gasteiger partial charge in [0.15, 0.2) is 0 Å². The van der Waals surface area contributed by atoms with Gasteiger partial charge in [0.05, 0.1) is 51.2 Å². The Hall–Kier alpha value is -3.94. The first-order valence-corrected chi connectivity index (χ1v) is 8.67. The van der Waals surface area contributed by atoms with Crippen LogP contribution in [-0.2, 0) is 0 Å². The van der Waals surface area contributed by atoms with Gasteiger partial charge in [0.2, 0.25) is 0 Å². The second-order valence-corrected chi connectivity index (χ2v) is 5.79. The first-order chi connectivity index (χ1) is 14.2.